The monoisotopic (exact) mass is 227 g/mol. The molecule has 1 aromatic rings. The molecule has 0 saturated heterocycles. The maximum Gasteiger partial charge on any atom is 0.258 e. The van der Waals surface area contributed by atoms with Crippen molar-refractivity contribution in [2.75, 3.05) is 25.5 Å². The highest BCUT2D eigenvalue weighted by atomic mass is 32.1. The first-order chi connectivity index (χ1) is 7.15. The summed E-state index contributed by atoms with van der Waals surface area (Å²) >= 11 is 1.33. The predicted molar refractivity (Wildman–Crippen MR) is 63.6 cm³/mol. The molecule has 0 spiro atoms. The number of rotatable bonds is 4. The molecule has 0 unspecified atom stereocenters. The Morgan fingerprint density at radius 2 is 2.07 bits per heavy atom. The van der Waals surface area contributed by atoms with E-state index < -0.39 is 0 Å². The fourth-order valence-electron chi connectivity index (χ4n) is 1.46. The zero-order valence-corrected chi connectivity index (χ0v) is 10.4. The van der Waals surface area contributed by atoms with E-state index >= 15 is 0 Å². The highest BCUT2D eigenvalue weighted by Crippen LogP contribution is 2.25. The quantitative estimate of drug-likeness (QED) is 0.855. The molecule has 15 heavy (non-hydrogen) atoms. The van der Waals surface area contributed by atoms with Gasteiger partial charge in [0.05, 0.1) is 11.3 Å². The summed E-state index contributed by atoms with van der Waals surface area (Å²) in [6.45, 7) is 7.29. The summed E-state index contributed by atoms with van der Waals surface area (Å²) < 4.78 is 4.19. The summed E-state index contributed by atoms with van der Waals surface area (Å²) in [5.74, 6) is 0.0654. The Hall–Kier alpha value is -1.10. The van der Waals surface area contributed by atoms with Crippen molar-refractivity contribution in [2.45, 2.75) is 20.8 Å². The Bertz CT molecular complexity index is 344. The van der Waals surface area contributed by atoms with E-state index in [1.165, 1.54) is 11.5 Å². The zero-order chi connectivity index (χ0) is 11.4. The number of nitrogens with zero attached hydrogens (tertiary/aromatic N) is 2. The molecule has 1 N–H and O–H groups in total. The number of aryl methyl sites for hydroxylation is 1. The number of hydrogen-bond donors (Lipinski definition) is 1. The van der Waals surface area contributed by atoms with Crippen LogP contribution in [0, 0.1) is 6.92 Å². The van der Waals surface area contributed by atoms with E-state index in [2.05, 4.69) is 9.69 Å². The van der Waals surface area contributed by atoms with Crippen molar-refractivity contribution in [2.24, 2.45) is 0 Å². The first-order valence-electron chi connectivity index (χ1n) is 5.08. The van der Waals surface area contributed by atoms with E-state index in [1.807, 2.05) is 27.8 Å². The maximum atomic E-state index is 12.1. The molecule has 0 aliphatic heterocycles. The second kappa shape index (κ2) is 5.11. The number of anilines is 1. The standard InChI is InChI=1S/C10H17N3OS/c1-5-13(6-2)10(14)8-7(3)12-15-9(8)11-4/h11H,5-6H2,1-4H3. The topological polar surface area (TPSA) is 45.2 Å². The molecule has 0 saturated carbocycles. The largest absolute Gasteiger partial charge is 0.378 e. The van der Waals surface area contributed by atoms with Crippen LogP contribution in [-0.4, -0.2) is 35.3 Å². The molecule has 1 aromatic heterocycles. The van der Waals surface area contributed by atoms with Crippen LogP contribution < -0.4 is 5.32 Å². The van der Waals surface area contributed by atoms with E-state index in [0.717, 1.165) is 23.8 Å². The summed E-state index contributed by atoms with van der Waals surface area (Å²) in [5, 5.41) is 3.86. The molecule has 1 heterocycles. The molecule has 0 aliphatic rings. The fraction of sp³-hybridized carbons (Fsp3) is 0.600. The Balaban J connectivity index is 3.03. The minimum atomic E-state index is 0.0654. The molecule has 0 aliphatic carbocycles. The van der Waals surface area contributed by atoms with Crippen LogP contribution in [-0.2, 0) is 0 Å². The molecule has 0 radical (unpaired) electrons. The lowest BCUT2D eigenvalue weighted by Gasteiger charge is -2.18. The Labute approximate surface area is 94.5 Å². The average molecular weight is 227 g/mol. The molecule has 4 nitrogen and oxygen atoms in total. The van der Waals surface area contributed by atoms with Gasteiger partial charge in [-0.1, -0.05) is 0 Å². The lowest BCUT2D eigenvalue weighted by atomic mass is 10.2. The molecule has 0 fully saturated rings. The van der Waals surface area contributed by atoms with Crippen molar-refractivity contribution < 1.29 is 4.79 Å². The van der Waals surface area contributed by atoms with Crippen LogP contribution in [0.3, 0.4) is 0 Å². The van der Waals surface area contributed by atoms with Crippen LogP contribution in [0.2, 0.25) is 0 Å². The average Bonchev–Trinajstić information content (AvgIpc) is 2.61. The van der Waals surface area contributed by atoms with Crippen LogP contribution in [0.5, 0.6) is 0 Å². The number of amides is 1. The van der Waals surface area contributed by atoms with E-state index in [9.17, 15) is 4.79 Å². The molecule has 1 amide bonds. The van der Waals surface area contributed by atoms with Gasteiger partial charge in [0, 0.05) is 20.1 Å². The second-order valence-electron chi connectivity index (χ2n) is 3.20. The van der Waals surface area contributed by atoms with Gasteiger partial charge in [0.15, 0.2) is 0 Å². The molecule has 0 atom stereocenters. The SMILES string of the molecule is CCN(CC)C(=O)c1c(C)nsc1NC. The number of carbonyl (C=O) groups excluding carboxylic acids is 1. The molecule has 84 valence electrons. The minimum Gasteiger partial charge on any atom is -0.378 e. The van der Waals surface area contributed by atoms with Gasteiger partial charge in [-0.3, -0.25) is 4.79 Å². The highest BCUT2D eigenvalue weighted by Gasteiger charge is 2.21. The summed E-state index contributed by atoms with van der Waals surface area (Å²) in [4.78, 5) is 13.9. The van der Waals surface area contributed by atoms with E-state index in [1.54, 1.807) is 4.90 Å². The molecule has 0 bridgehead atoms. The Morgan fingerprint density at radius 3 is 2.53 bits per heavy atom. The fourth-order valence-corrected chi connectivity index (χ4v) is 2.20. The first kappa shape index (κ1) is 12.0. The van der Waals surface area contributed by atoms with E-state index in [-0.39, 0.29) is 5.91 Å². The summed E-state index contributed by atoms with van der Waals surface area (Å²) in [6.07, 6.45) is 0. The van der Waals surface area contributed by atoms with Crippen molar-refractivity contribution in [3.63, 3.8) is 0 Å². The summed E-state index contributed by atoms with van der Waals surface area (Å²) in [5.41, 5.74) is 1.52. The number of carbonyl (C=O) groups is 1. The van der Waals surface area contributed by atoms with Crippen LogP contribution in [0.25, 0.3) is 0 Å². The molecular weight excluding hydrogens is 210 g/mol. The molecule has 1 rings (SSSR count). The van der Waals surface area contributed by atoms with Crippen molar-refractivity contribution in [3.05, 3.63) is 11.3 Å². The van der Waals surface area contributed by atoms with Crippen molar-refractivity contribution in [1.82, 2.24) is 9.27 Å². The van der Waals surface area contributed by atoms with Gasteiger partial charge >= 0.3 is 0 Å². The van der Waals surface area contributed by atoms with Crippen molar-refractivity contribution in [1.29, 1.82) is 0 Å². The van der Waals surface area contributed by atoms with Gasteiger partial charge in [0.25, 0.3) is 5.91 Å². The Morgan fingerprint density at radius 1 is 1.47 bits per heavy atom. The van der Waals surface area contributed by atoms with Crippen LogP contribution in [0.4, 0.5) is 5.00 Å². The first-order valence-corrected chi connectivity index (χ1v) is 5.86. The summed E-state index contributed by atoms with van der Waals surface area (Å²) in [6, 6.07) is 0. The normalized spacial score (nSPS) is 10.1. The van der Waals surface area contributed by atoms with Gasteiger partial charge in [0.1, 0.15) is 5.00 Å². The van der Waals surface area contributed by atoms with Gasteiger partial charge in [-0.15, -0.1) is 0 Å². The molecular formula is C10H17N3OS. The lowest BCUT2D eigenvalue weighted by Crippen LogP contribution is -2.31. The molecule has 5 heteroatoms. The number of hydrogen-bond acceptors (Lipinski definition) is 4. The van der Waals surface area contributed by atoms with Crippen LogP contribution in [0.15, 0.2) is 0 Å². The van der Waals surface area contributed by atoms with Crippen LogP contribution >= 0.6 is 11.5 Å². The van der Waals surface area contributed by atoms with Gasteiger partial charge in [0.2, 0.25) is 0 Å². The molecule has 0 aromatic carbocycles. The van der Waals surface area contributed by atoms with E-state index in [4.69, 9.17) is 0 Å². The second-order valence-corrected chi connectivity index (χ2v) is 3.97. The summed E-state index contributed by atoms with van der Waals surface area (Å²) in [7, 11) is 1.81. The Kier molecular flexibility index (Phi) is 4.08. The lowest BCUT2D eigenvalue weighted by molar-refractivity contribution is 0.0773. The van der Waals surface area contributed by atoms with E-state index in [0.29, 0.717) is 5.56 Å². The van der Waals surface area contributed by atoms with Crippen molar-refractivity contribution >= 4 is 22.4 Å². The third-order valence-electron chi connectivity index (χ3n) is 2.35. The maximum absolute atomic E-state index is 12.1. The van der Waals surface area contributed by atoms with Gasteiger partial charge < -0.3 is 10.2 Å². The van der Waals surface area contributed by atoms with Gasteiger partial charge in [-0.05, 0) is 32.3 Å². The van der Waals surface area contributed by atoms with Gasteiger partial charge in [-0.2, -0.15) is 4.37 Å². The number of aromatic nitrogens is 1. The smallest absolute Gasteiger partial charge is 0.258 e. The van der Waals surface area contributed by atoms with Crippen LogP contribution in [0.1, 0.15) is 29.9 Å². The van der Waals surface area contributed by atoms with Crippen molar-refractivity contribution in [3.8, 4) is 0 Å². The number of nitrogens with one attached hydrogen (secondary N) is 1. The zero-order valence-electron chi connectivity index (χ0n) is 9.63. The third kappa shape index (κ3) is 2.28. The minimum absolute atomic E-state index is 0.0654. The third-order valence-corrected chi connectivity index (χ3v) is 3.31. The van der Waals surface area contributed by atoms with Gasteiger partial charge in [-0.25, -0.2) is 0 Å². The highest BCUT2D eigenvalue weighted by molar-refractivity contribution is 7.10. The predicted octanol–water partition coefficient (Wildman–Crippen LogP) is 1.98.